The fourth-order valence-corrected chi connectivity index (χ4v) is 5.70. The average Bonchev–Trinajstić information content (AvgIpc) is 3.13. The number of likely N-dealkylation sites (tertiary alicyclic amines) is 1. The topological polar surface area (TPSA) is 87.5 Å². The average molecular weight is 396 g/mol. The van der Waals surface area contributed by atoms with E-state index >= 15 is 0 Å². The van der Waals surface area contributed by atoms with Crippen molar-refractivity contribution in [1.82, 2.24) is 24.1 Å². The first-order valence-electron chi connectivity index (χ1n) is 9.84. The standard InChI is InChI=1S/C18H29N5O3S/c1-27(25,26)20-10-17-15-9-14(16-3-2-4-18(24)23(16)17)11-22(12-15)8-7-21-6-5-19-13-21/h5-6,13-17,20H,2-4,7-12H2,1H3/t14-,15+,16+,17+/m1/s1. The van der Waals surface area contributed by atoms with Crippen molar-refractivity contribution in [1.29, 1.82) is 0 Å². The number of imidazole rings is 1. The van der Waals surface area contributed by atoms with Gasteiger partial charge in [0.15, 0.2) is 0 Å². The summed E-state index contributed by atoms with van der Waals surface area (Å²) >= 11 is 0. The van der Waals surface area contributed by atoms with Crippen molar-refractivity contribution >= 4 is 15.9 Å². The molecule has 3 saturated heterocycles. The first kappa shape index (κ1) is 18.9. The normalized spacial score (nSPS) is 31.7. The Hall–Kier alpha value is -1.45. The number of hydrogen-bond donors (Lipinski definition) is 1. The molecule has 9 heteroatoms. The highest BCUT2D eigenvalue weighted by Gasteiger charge is 2.49. The maximum Gasteiger partial charge on any atom is 0.223 e. The van der Waals surface area contributed by atoms with E-state index in [-0.39, 0.29) is 18.0 Å². The van der Waals surface area contributed by atoms with Crippen LogP contribution in [0.1, 0.15) is 25.7 Å². The molecule has 1 aromatic rings. The van der Waals surface area contributed by atoms with Crippen molar-refractivity contribution < 1.29 is 13.2 Å². The molecular formula is C18H29N5O3S. The molecule has 0 aliphatic carbocycles. The SMILES string of the molecule is CS(=O)(=O)NC[C@H]1[C@H]2C[C@H](CN(CCn3ccnc3)C2)[C@@H]2CCCC(=O)N21. The van der Waals surface area contributed by atoms with Gasteiger partial charge in [-0.3, -0.25) is 4.79 Å². The van der Waals surface area contributed by atoms with Crippen LogP contribution in [0.5, 0.6) is 0 Å². The van der Waals surface area contributed by atoms with Crippen LogP contribution in [0.25, 0.3) is 0 Å². The largest absolute Gasteiger partial charge is 0.336 e. The summed E-state index contributed by atoms with van der Waals surface area (Å²) in [6, 6.07) is 0.217. The Morgan fingerprint density at radius 2 is 2.07 bits per heavy atom. The van der Waals surface area contributed by atoms with Crippen molar-refractivity contribution in [3.05, 3.63) is 18.7 Å². The minimum Gasteiger partial charge on any atom is -0.336 e. The lowest BCUT2D eigenvalue weighted by atomic mass is 9.72. The fraction of sp³-hybridized carbons (Fsp3) is 0.778. The van der Waals surface area contributed by atoms with Gasteiger partial charge in [0.25, 0.3) is 0 Å². The fourth-order valence-electron chi connectivity index (χ4n) is 5.23. The monoisotopic (exact) mass is 395 g/mol. The molecule has 3 aliphatic heterocycles. The zero-order valence-electron chi connectivity index (χ0n) is 15.8. The highest BCUT2D eigenvalue weighted by molar-refractivity contribution is 7.88. The summed E-state index contributed by atoms with van der Waals surface area (Å²) in [6.45, 7) is 4.12. The van der Waals surface area contributed by atoms with Crippen LogP contribution in [0.2, 0.25) is 0 Å². The molecular weight excluding hydrogens is 366 g/mol. The van der Waals surface area contributed by atoms with Crippen molar-refractivity contribution in [2.45, 2.75) is 44.3 Å². The minimum absolute atomic E-state index is 0.0372. The molecule has 3 fully saturated rings. The van der Waals surface area contributed by atoms with Crippen LogP contribution in [0, 0.1) is 11.8 Å². The van der Waals surface area contributed by atoms with Gasteiger partial charge in [0.2, 0.25) is 15.9 Å². The van der Waals surface area contributed by atoms with E-state index in [2.05, 4.69) is 19.2 Å². The number of sulfonamides is 1. The van der Waals surface area contributed by atoms with Gasteiger partial charge in [0.05, 0.1) is 12.6 Å². The van der Waals surface area contributed by atoms with Gasteiger partial charge in [-0.1, -0.05) is 0 Å². The molecule has 1 N–H and O–H groups in total. The van der Waals surface area contributed by atoms with Gasteiger partial charge in [-0.15, -0.1) is 0 Å². The number of fused-ring (bicyclic) bond motifs is 4. The highest BCUT2D eigenvalue weighted by Crippen LogP contribution is 2.41. The molecule has 4 rings (SSSR count). The highest BCUT2D eigenvalue weighted by atomic mass is 32.2. The van der Waals surface area contributed by atoms with Gasteiger partial charge >= 0.3 is 0 Å². The summed E-state index contributed by atoms with van der Waals surface area (Å²) < 4.78 is 28.1. The summed E-state index contributed by atoms with van der Waals surface area (Å²) in [5, 5.41) is 0. The van der Waals surface area contributed by atoms with Gasteiger partial charge in [0.1, 0.15) is 0 Å². The Balaban J connectivity index is 1.50. The number of nitrogens with zero attached hydrogens (tertiary/aromatic N) is 4. The van der Waals surface area contributed by atoms with E-state index in [1.54, 1.807) is 6.20 Å². The second kappa shape index (κ2) is 7.52. The molecule has 0 unspecified atom stereocenters. The minimum atomic E-state index is -3.27. The maximum absolute atomic E-state index is 12.7. The third kappa shape index (κ3) is 4.20. The molecule has 4 atom stereocenters. The number of rotatable bonds is 6. The van der Waals surface area contributed by atoms with E-state index in [1.807, 2.05) is 17.4 Å². The van der Waals surface area contributed by atoms with E-state index in [0.717, 1.165) is 45.4 Å². The number of carbonyl (C=O) groups excluding carboxylic acids is 1. The van der Waals surface area contributed by atoms with Crippen molar-refractivity contribution in [3.8, 4) is 0 Å². The van der Waals surface area contributed by atoms with E-state index in [4.69, 9.17) is 0 Å². The van der Waals surface area contributed by atoms with Crippen LogP contribution in [-0.2, 0) is 21.4 Å². The zero-order valence-corrected chi connectivity index (χ0v) is 16.6. The molecule has 1 aromatic heterocycles. The quantitative estimate of drug-likeness (QED) is 0.740. The summed E-state index contributed by atoms with van der Waals surface area (Å²) in [5.74, 6) is 1.01. The second-order valence-corrected chi connectivity index (χ2v) is 10.1. The number of hydrogen-bond acceptors (Lipinski definition) is 5. The van der Waals surface area contributed by atoms with Crippen molar-refractivity contribution in [2.75, 3.05) is 32.4 Å². The Bertz CT molecular complexity index is 766. The summed E-state index contributed by atoms with van der Waals surface area (Å²) in [7, 11) is -3.27. The van der Waals surface area contributed by atoms with E-state index in [1.165, 1.54) is 6.26 Å². The number of nitrogens with one attached hydrogen (secondary N) is 1. The van der Waals surface area contributed by atoms with Crippen LogP contribution >= 0.6 is 0 Å². The van der Waals surface area contributed by atoms with Crippen LogP contribution in [-0.4, -0.2) is 78.2 Å². The Labute approximate surface area is 161 Å². The van der Waals surface area contributed by atoms with E-state index in [0.29, 0.717) is 24.8 Å². The zero-order chi connectivity index (χ0) is 19.0. The molecule has 0 saturated carbocycles. The predicted molar refractivity (Wildman–Crippen MR) is 101 cm³/mol. The van der Waals surface area contributed by atoms with Crippen molar-refractivity contribution in [2.24, 2.45) is 11.8 Å². The van der Waals surface area contributed by atoms with Gasteiger partial charge in [-0.25, -0.2) is 18.1 Å². The molecule has 8 nitrogen and oxygen atoms in total. The lowest BCUT2D eigenvalue weighted by Gasteiger charge is -2.56. The molecule has 150 valence electrons. The molecule has 4 heterocycles. The number of aromatic nitrogens is 2. The Morgan fingerprint density at radius 1 is 1.26 bits per heavy atom. The van der Waals surface area contributed by atoms with Crippen LogP contribution in [0.3, 0.4) is 0 Å². The Morgan fingerprint density at radius 3 is 2.81 bits per heavy atom. The predicted octanol–water partition coefficient (Wildman–Crippen LogP) is 0.134. The molecule has 2 bridgehead atoms. The van der Waals surface area contributed by atoms with Crippen LogP contribution < -0.4 is 4.72 Å². The van der Waals surface area contributed by atoms with Crippen LogP contribution in [0.4, 0.5) is 0 Å². The molecule has 3 aliphatic rings. The molecule has 27 heavy (non-hydrogen) atoms. The van der Waals surface area contributed by atoms with Gasteiger partial charge < -0.3 is 14.4 Å². The summed E-state index contributed by atoms with van der Waals surface area (Å²) in [5.41, 5.74) is 0. The Kier molecular flexibility index (Phi) is 5.26. The van der Waals surface area contributed by atoms with Crippen LogP contribution in [0.15, 0.2) is 18.7 Å². The van der Waals surface area contributed by atoms with Gasteiger partial charge in [0, 0.05) is 63.6 Å². The van der Waals surface area contributed by atoms with Gasteiger partial charge in [-0.05, 0) is 31.1 Å². The number of carbonyl (C=O) groups is 1. The lowest BCUT2D eigenvalue weighted by Crippen LogP contribution is -2.67. The summed E-state index contributed by atoms with van der Waals surface area (Å²) in [6.07, 6.45) is 10.5. The van der Waals surface area contributed by atoms with E-state index < -0.39 is 10.0 Å². The number of piperidine rings is 3. The molecule has 0 spiro atoms. The molecule has 1 amide bonds. The summed E-state index contributed by atoms with van der Waals surface area (Å²) in [4.78, 5) is 21.3. The van der Waals surface area contributed by atoms with Crippen molar-refractivity contribution in [3.63, 3.8) is 0 Å². The lowest BCUT2D eigenvalue weighted by molar-refractivity contribution is -0.152. The van der Waals surface area contributed by atoms with E-state index in [9.17, 15) is 13.2 Å². The maximum atomic E-state index is 12.7. The number of amides is 1. The third-order valence-corrected chi connectivity index (χ3v) is 7.05. The molecule has 0 aromatic carbocycles. The third-order valence-electron chi connectivity index (χ3n) is 6.36. The smallest absolute Gasteiger partial charge is 0.223 e. The second-order valence-electron chi connectivity index (χ2n) is 8.26. The molecule has 0 radical (unpaired) electrons. The van der Waals surface area contributed by atoms with Gasteiger partial charge in [-0.2, -0.15) is 0 Å². The first-order valence-corrected chi connectivity index (χ1v) is 11.7. The first-order chi connectivity index (χ1) is 12.9.